The molecule has 3 aromatic rings. The lowest BCUT2D eigenvalue weighted by molar-refractivity contribution is 0.0946. The Kier molecular flexibility index (Phi) is 5.32. The molecule has 4 nitrogen and oxygen atoms in total. The van der Waals surface area contributed by atoms with Gasteiger partial charge in [0.2, 0.25) is 0 Å². The number of amides is 1. The van der Waals surface area contributed by atoms with Crippen molar-refractivity contribution < 1.29 is 4.79 Å². The lowest BCUT2D eigenvalue weighted by Gasteiger charge is -2.12. The average Bonchev–Trinajstić information content (AvgIpc) is 2.64. The minimum absolute atomic E-state index is 0.184. The van der Waals surface area contributed by atoms with Gasteiger partial charge in [0.15, 0.2) is 0 Å². The van der Waals surface area contributed by atoms with Crippen LogP contribution in [-0.2, 0) is 6.54 Å². The molecule has 0 atom stereocenters. The van der Waals surface area contributed by atoms with Gasteiger partial charge < -0.3 is 10.6 Å². The Morgan fingerprint density at radius 1 is 1.00 bits per heavy atom. The maximum Gasteiger partial charge on any atom is 0.270 e. The number of hydrogen-bond acceptors (Lipinski definition) is 3. The fraction of sp³-hybridized carbons (Fsp3) is 0.182. The van der Waals surface area contributed by atoms with Gasteiger partial charge >= 0.3 is 0 Å². The van der Waals surface area contributed by atoms with Crippen molar-refractivity contribution in [1.29, 1.82) is 0 Å². The number of nitrogens with one attached hydrogen (secondary N) is 2. The largest absolute Gasteiger partial charge is 0.355 e. The van der Waals surface area contributed by atoms with Crippen molar-refractivity contribution in [3.63, 3.8) is 0 Å². The van der Waals surface area contributed by atoms with Crippen LogP contribution in [0.25, 0.3) is 0 Å². The maximum atomic E-state index is 12.4. The number of anilines is 2. The molecule has 0 radical (unpaired) electrons. The van der Waals surface area contributed by atoms with Crippen molar-refractivity contribution in [2.75, 3.05) is 5.32 Å². The second-order valence-corrected chi connectivity index (χ2v) is 6.47. The van der Waals surface area contributed by atoms with Gasteiger partial charge in [0.05, 0.1) is 0 Å². The highest BCUT2D eigenvalue weighted by Crippen LogP contribution is 2.22. The summed E-state index contributed by atoms with van der Waals surface area (Å²) in [6, 6.07) is 17.8. The first-order valence-electron chi connectivity index (χ1n) is 8.66. The number of pyridine rings is 1. The number of nitrogens with zero attached hydrogens (tertiary/aromatic N) is 1. The summed E-state index contributed by atoms with van der Waals surface area (Å²) in [7, 11) is 0. The quantitative estimate of drug-likeness (QED) is 0.706. The lowest BCUT2D eigenvalue weighted by atomic mass is 10.1. The molecule has 0 bridgehead atoms. The maximum absolute atomic E-state index is 12.4. The van der Waals surface area contributed by atoms with Crippen molar-refractivity contribution in [1.82, 2.24) is 10.3 Å². The van der Waals surface area contributed by atoms with E-state index in [1.54, 1.807) is 12.3 Å². The first-order valence-corrected chi connectivity index (χ1v) is 8.66. The molecule has 0 spiro atoms. The summed E-state index contributed by atoms with van der Waals surface area (Å²) < 4.78 is 0. The van der Waals surface area contributed by atoms with Crippen LogP contribution >= 0.6 is 0 Å². The minimum atomic E-state index is -0.184. The predicted octanol–water partition coefficient (Wildman–Crippen LogP) is 4.68. The number of benzene rings is 2. The summed E-state index contributed by atoms with van der Waals surface area (Å²) in [5.41, 5.74) is 6.93. The van der Waals surface area contributed by atoms with Crippen LogP contribution in [0.5, 0.6) is 0 Å². The van der Waals surface area contributed by atoms with E-state index < -0.39 is 0 Å². The van der Waals surface area contributed by atoms with Gasteiger partial charge in [-0.3, -0.25) is 9.78 Å². The molecule has 2 N–H and O–H groups in total. The summed E-state index contributed by atoms with van der Waals surface area (Å²) in [5, 5.41) is 6.29. The van der Waals surface area contributed by atoms with Crippen LogP contribution in [-0.4, -0.2) is 10.9 Å². The second-order valence-electron chi connectivity index (χ2n) is 6.47. The number of aromatic nitrogens is 1. The van der Waals surface area contributed by atoms with Crippen LogP contribution in [0, 0.1) is 20.8 Å². The van der Waals surface area contributed by atoms with Crippen LogP contribution in [0.1, 0.15) is 32.7 Å². The monoisotopic (exact) mass is 345 g/mol. The molecule has 0 saturated heterocycles. The standard InChI is InChI=1S/C22H23N3O/c1-15-6-4-8-18(12-15)14-24-22(26)21-13-19(10-11-23-21)25-20-9-5-7-16(2)17(20)3/h4-13H,14H2,1-3H3,(H,23,25)(H,24,26). The molecule has 0 aliphatic heterocycles. The van der Waals surface area contributed by atoms with Gasteiger partial charge in [-0.15, -0.1) is 0 Å². The molecule has 0 saturated carbocycles. The molecule has 0 aliphatic carbocycles. The first kappa shape index (κ1) is 17.7. The Labute approximate surface area is 154 Å². The Hall–Kier alpha value is -3.14. The number of aryl methyl sites for hydroxylation is 2. The van der Waals surface area contributed by atoms with Crippen LogP contribution in [0.4, 0.5) is 11.4 Å². The highest BCUT2D eigenvalue weighted by atomic mass is 16.1. The summed E-state index contributed by atoms with van der Waals surface area (Å²) in [6.07, 6.45) is 1.65. The highest BCUT2D eigenvalue weighted by Gasteiger charge is 2.09. The zero-order chi connectivity index (χ0) is 18.5. The number of carbonyl (C=O) groups is 1. The Balaban J connectivity index is 1.70. The fourth-order valence-electron chi connectivity index (χ4n) is 2.77. The van der Waals surface area contributed by atoms with Crippen LogP contribution in [0.15, 0.2) is 60.8 Å². The van der Waals surface area contributed by atoms with E-state index in [9.17, 15) is 4.79 Å². The molecule has 4 heteroatoms. The third kappa shape index (κ3) is 4.28. The topological polar surface area (TPSA) is 54.0 Å². The molecule has 3 rings (SSSR count). The zero-order valence-electron chi connectivity index (χ0n) is 15.3. The van der Waals surface area contributed by atoms with Gasteiger partial charge in [0.25, 0.3) is 5.91 Å². The molecule has 0 unspecified atom stereocenters. The van der Waals surface area contributed by atoms with E-state index in [-0.39, 0.29) is 5.91 Å². The molecule has 132 valence electrons. The first-order chi connectivity index (χ1) is 12.5. The van der Waals surface area contributed by atoms with Crippen molar-refractivity contribution >= 4 is 17.3 Å². The summed E-state index contributed by atoms with van der Waals surface area (Å²) in [5.74, 6) is -0.184. The van der Waals surface area contributed by atoms with E-state index in [0.29, 0.717) is 12.2 Å². The normalized spacial score (nSPS) is 10.4. The van der Waals surface area contributed by atoms with E-state index >= 15 is 0 Å². The molecule has 0 fully saturated rings. The molecule has 0 aliphatic rings. The molecular formula is C22H23N3O. The van der Waals surface area contributed by atoms with Crippen molar-refractivity contribution in [2.45, 2.75) is 27.3 Å². The van der Waals surface area contributed by atoms with Gasteiger partial charge in [-0.1, -0.05) is 42.0 Å². The molecular weight excluding hydrogens is 322 g/mol. The highest BCUT2D eigenvalue weighted by molar-refractivity contribution is 5.93. The molecule has 1 heterocycles. The van der Waals surface area contributed by atoms with Crippen molar-refractivity contribution in [3.05, 3.63) is 88.7 Å². The summed E-state index contributed by atoms with van der Waals surface area (Å²) >= 11 is 0. The number of rotatable bonds is 5. The van der Waals surface area contributed by atoms with E-state index in [1.165, 1.54) is 16.7 Å². The van der Waals surface area contributed by atoms with E-state index in [2.05, 4.69) is 41.6 Å². The van der Waals surface area contributed by atoms with E-state index in [4.69, 9.17) is 0 Å². The molecule has 2 aromatic carbocycles. The zero-order valence-corrected chi connectivity index (χ0v) is 15.3. The minimum Gasteiger partial charge on any atom is -0.355 e. The second kappa shape index (κ2) is 7.83. The lowest BCUT2D eigenvalue weighted by Crippen LogP contribution is -2.23. The van der Waals surface area contributed by atoms with Crippen LogP contribution < -0.4 is 10.6 Å². The van der Waals surface area contributed by atoms with Gasteiger partial charge in [-0.05, 0) is 55.7 Å². The molecule has 1 aromatic heterocycles. The fourth-order valence-corrected chi connectivity index (χ4v) is 2.77. The predicted molar refractivity (Wildman–Crippen MR) is 106 cm³/mol. The molecule has 1 amide bonds. The summed E-state index contributed by atoms with van der Waals surface area (Å²) in [6.45, 7) is 6.68. The average molecular weight is 345 g/mol. The third-order valence-corrected chi connectivity index (χ3v) is 4.41. The van der Waals surface area contributed by atoms with Gasteiger partial charge in [-0.25, -0.2) is 0 Å². The number of carbonyl (C=O) groups excluding carboxylic acids is 1. The van der Waals surface area contributed by atoms with Gasteiger partial charge in [0.1, 0.15) is 5.69 Å². The van der Waals surface area contributed by atoms with E-state index in [1.807, 2.05) is 43.3 Å². The van der Waals surface area contributed by atoms with Gasteiger partial charge in [-0.2, -0.15) is 0 Å². The van der Waals surface area contributed by atoms with Crippen molar-refractivity contribution in [2.24, 2.45) is 0 Å². The van der Waals surface area contributed by atoms with E-state index in [0.717, 1.165) is 16.9 Å². The number of hydrogen-bond donors (Lipinski definition) is 2. The molecule has 26 heavy (non-hydrogen) atoms. The Morgan fingerprint density at radius 2 is 1.81 bits per heavy atom. The Morgan fingerprint density at radius 3 is 2.62 bits per heavy atom. The van der Waals surface area contributed by atoms with Crippen LogP contribution in [0.2, 0.25) is 0 Å². The smallest absolute Gasteiger partial charge is 0.270 e. The third-order valence-electron chi connectivity index (χ3n) is 4.41. The Bertz CT molecular complexity index is 934. The van der Waals surface area contributed by atoms with Crippen molar-refractivity contribution in [3.8, 4) is 0 Å². The summed E-state index contributed by atoms with van der Waals surface area (Å²) in [4.78, 5) is 16.6. The van der Waals surface area contributed by atoms with Crippen LogP contribution in [0.3, 0.4) is 0 Å². The SMILES string of the molecule is Cc1cccc(CNC(=O)c2cc(Nc3cccc(C)c3C)ccn2)c1. The van der Waals surface area contributed by atoms with Gasteiger partial charge in [0, 0.05) is 24.1 Å².